The highest BCUT2D eigenvalue weighted by Crippen LogP contribution is 2.28. The lowest BCUT2D eigenvalue weighted by molar-refractivity contribution is -0.0336. The van der Waals surface area contributed by atoms with Crippen molar-refractivity contribution in [2.75, 3.05) is 19.8 Å². The Kier molecular flexibility index (Phi) is 3.70. The standard InChI is InChI=1S/C8H18O3Si/c1-7(2)3-8(4-9)5-10-12-11-6-8/h7,9H,3-6,12H2,1-2H3. The normalized spacial score (nSPS) is 33.0. The van der Waals surface area contributed by atoms with Gasteiger partial charge in [-0.25, -0.2) is 0 Å². The summed E-state index contributed by atoms with van der Waals surface area (Å²) in [7, 11) is -0.715. The van der Waals surface area contributed by atoms with Gasteiger partial charge in [-0.1, -0.05) is 13.8 Å². The van der Waals surface area contributed by atoms with Gasteiger partial charge in [0.1, 0.15) is 0 Å². The molecule has 72 valence electrons. The Labute approximate surface area is 76.1 Å². The van der Waals surface area contributed by atoms with Crippen LogP contribution in [0.2, 0.25) is 0 Å². The van der Waals surface area contributed by atoms with E-state index < -0.39 is 10.0 Å². The third-order valence-electron chi connectivity index (χ3n) is 2.16. The Balaban J connectivity index is 2.48. The molecule has 0 spiro atoms. The summed E-state index contributed by atoms with van der Waals surface area (Å²) in [6.45, 7) is 5.87. The Morgan fingerprint density at radius 1 is 1.42 bits per heavy atom. The summed E-state index contributed by atoms with van der Waals surface area (Å²) >= 11 is 0. The van der Waals surface area contributed by atoms with Crippen LogP contribution in [0.1, 0.15) is 20.3 Å². The molecule has 1 N–H and O–H groups in total. The molecule has 1 fully saturated rings. The van der Waals surface area contributed by atoms with Crippen LogP contribution in [-0.2, 0) is 8.85 Å². The molecule has 0 aromatic carbocycles. The molecule has 0 bridgehead atoms. The van der Waals surface area contributed by atoms with Gasteiger partial charge in [-0.3, -0.25) is 0 Å². The molecule has 1 aliphatic rings. The summed E-state index contributed by atoms with van der Waals surface area (Å²) in [6.07, 6.45) is 0.984. The second kappa shape index (κ2) is 4.37. The van der Waals surface area contributed by atoms with Crippen LogP contribution in [0, 0.1) is 11.3 Å². The Bertz CT molecular complexity index is 132. The summed E-state index contributed by atoms with van der Waals surface area (Å²) in [4.78, 5) is 0. The van der Waals surface area contributed by atoms with Crippen LogP contribution >= 0.6 is 0 Å². The van der Waals surface area contributed by atoms with E-state index in [1.807, 2.05) is 0 Å². The number of rotatable bonds is 3. The van der Waals surface area contributed by atoms with E-state index in [0.29, 0.717) is 19.1 Å². The van der Waals surface area contributed by atoms with Crippen LogP contribution in [0.25, 0.3) is 0 Å². The maximum atomic E-state index is 9.25. The van der Waals surface area contributed by atoms with Crippen molar-refractivity contribution in [2.45, 2.75) is 20.3 Å². The number of aliphatic hydroxyl groups excluding tert-OH is 1. The van der Waals surface area contributed by atoms with Crippen molar-refractivity contribution < 1.29 is 14.0 Å². The van der Waals surface area contributed by atoms with E-state index in [0.717, 1.165) is 6.42 Å². The van der Waals surface area contributed by atoms with Crippen molar-refractivity contribution in [3.63, 3.8) is 0 Å². The molecule has 1 rings (SSSR count). The largest absolute Gasteiger partial charge is 0.398 e. The van der Waals surface area contributed by atoms with Gasteiger partial charge >= 0.3 is 10.0 Å². The second-order valence-electron chi connectivity index (χ2n) is 4.07. The molecule has 0 saturated carbocycles. The highest BCUT2D eigenvalue weighted by Gasteiger charge is 2.33. The Morgan fingerprint density at radius 2 is 2.00 bits per heavy atom. The minimum Gasteiger partial charge on any atom is -0.398 e. The van der Waals surface area contributed by atoms with Gasteiger partial charge in [-0.15, -0.1) is 0 Å². The lowest BCUT2D eigenvalue weighted by Crippen LogP contribution is -2.42. The van der Waals surface area contributed by atoms with E-state index in [9.17, 15) is 5.11 Å². The molecule has 0 aromatic rings. The van der Waals surface area contributed by atoms with Crippen molar-refractivity contribution in [1.29, 1.82) is 0 Å². The molecule has 0 aliphatic carbocycles. The predicted octanol–water partition coefficient (Wildman–Crippen LogP) is 0.0568. The summed E-state index contributed by atoms with van der Waals surface area (Å²) in [5.74, 6) is 0.587. The van der Waals surface area contributed by atoms with Crippen LogP contribution in [0.5, 0.6) is 0 Å². The summed E-state index contributed by atoms with van der Waals surface area (Å²) in [5, 5.41) is 9.25. The molecule has 0 atom stereocenters. The van der Waals surface area contributed by atoms with E-state index in [1.54, 1.807) is 0 Å². The van der Waals surface area contributed by atoms with E-state index in [-0.39, 0.29) is 12.0 Å². The zero-order valence-electron chi connectivity index (χ0n) is 7.88. The third-order valence-corrected chi connectivity index (χ3v) is 2.90. The average molecular weight is 190 g/mol. The van der Waals surface area contributed by atoms with Crippen LogP contribution in [0.3, 0.4) is 0 Å². The lowest BCUT2D eigenvalue weighted by atomic mass is 9.82. The smallest absolute Gasteiger partial charge is 0.304 e. The zero-order chi connectivity index (χ0) is 9.03. The Morgan fingerprint density at radius 3 is 2.42 bits per heavy atom. The maximum Gasteiger partial charge on any atom is 0.304 e. The van der Waals surface area contributed by atoms with Gasteiger partial charge in [-0.2, -0.15) is 0 Å². The first kappa shape index (κ1) is 10.2. The fourth-order valence-electron chi connectivity index (χ4n) is 1.76. The van der Waals surface area contributed by atoms with Crippen LogP contribution < -0.4 is 0 Å². The molecule has 1 saturated heterocycles. The summed E-state index contributed by atoms with van der Waals surface area (Å²) < 4.78 is 10.7. The third kappa shape index (κ3) is 2.55. The molecule has 1 heterocycles. The zero-order valence-corrected chi connectivity index (χ0v) is 9.29. The van der Waals surface area contributed by atoms with Gasteiger partial charge < -0.3 is 14.0 Å². The quantitative estimate of drug-likeness (QED) is 0.640. The van der Waals surface area contributed by atoms with E-state index in [1.165, 1.54) is 0 Å². The molecular formula is C8H18O3Si. The maximum absolute atomic E-state index is 9.25. The number of hydrogen-bond donors (Lipinski definition) is 1. The van der Waals surface area contributed by atoms with Gasteiger partial charge in [0, 0.05) is 18.6 Å². The minimum atomic E-state index is -0.715. The molecular weight excluding hydrogens is 172 g/mol. The van der Waals surface area contributed by atoms with Gasteiger partial charge in [0.25, 0.3) is 0 Å². The predicted molar refractivity (Wildman–Crippen MR) is 49.4 cm³/mol. The fourth-order valence-corrected chi connectivity index (χ4v) is 2.91. The molecule has 3 nitrogen and oxygen atoms in total. The highest BCUT2D eigenvalue weighted by molar-refractivity contribution is 6.18. The molecule has 0 radical (unpaired) electrons. The average Bonchev–Trinajstić information content (AvgIpc) is 2.05. The molecule has 0 amide bonds. The van der Waals surface area contributed by atoms with Crippen molar-refractivity contribution in [2.24, 2.45) is 11.3 Å². The first-order valence-electron chi connectivity index (χ1n) is 4.45. The van der Waals surface area contributed by atoms with E-state index in [4.69, 9.17) is 8.85 Å². The van der Waals surface area contributed by atoms with Crippen molar-refractivity contribution >= 4 is 10.0 Å². The first-order valence-corrected chi connectivity index (χ1v) is 5.60. The number of aliphatic hydroxyl groups is 1. The number of hydrogen-bond acceptors (Lipinski definition) is 3. The summed E-state index contributed by atoms with van der Waals surface area (Å²) in [6, 6.07) is 0. The van der Waals surface area contributed by atoms with Crippen molar-refractivity contribution in [3.05, 3.63) is 0 Å². The molecule has 1 aliphatic heterocycles. The van der Waals surface area contributed by atoms with Crippen LogP contribution in [0.4, 0.5) is 0 Å². The molecule has 0 aromatic heterocycles. The topological polar surface area (TPSA) is 38.7 Å². The van der Waals surface area contributed by atoms with Gasteiger partial charge in [0.15, 0.2) is 0 Å². The summed E-state index contributed by atoms with van der Waals surface area (Å²) in [5.41, 5.74) is -0.112. The van der Waals surface area contributed by atoms with E-state index >= 15 is 0 Å². The molecule has 0 unspecified atom stereocenters. The van der Waals surface area contributed by atoms with Crippen LogP contribution in [0.15, 0.2) is 0 Å². The first-order chi connectivity index (χ1) is 5.68. The monoisotopic (exact) mass is 190 g/mol. The van der Waals surface area contributed by atoms with Crippen molar-refractivity contribution in [3.8, 4) is 0 Å². The fraction of sp³-hybridized carbons (Fsp3) is 1.00. The lowest BCUT2D eigenvalue weighted by Gasteiger charge is -2.36. The second-order valence-corrected chi connectivity index (χ2v) is 5.12. The van der Waals surface area contributed by atoms with Crippen molar-refractivity contribution in [1.82, 2.24) is 0 Å². The van der Waals surface area contributed by atoms with Gasteiger partial charge in [0.05, 0.1) is 6.61 Å². The SMILES string of the molecule is CC(C)CC1(CO)CO[SiH2]OC1. The van der Waals surface area contributed by atoms with Gasteiger partial charge in [0.2, 0.25) is 0 Å². The van der Waals surface area contributed by atoms with Crippen LogP contribution in [-0.4, -0.2) is 34.9 Å². The highest BCUT2D eigenvalue weighted by atomic mass is 28.3. The van der Waals surface area contributed by atoms with E-state index in [2.05, 4.69) is 13.8 Å². The molecule has 12 heavy (non-hydrogen) atoms. The minimum absolute atomic E-state index is 0.112. The van der Waals surface area contributed by atoms with Gasteiger partial charge in [-0.05, 0) is 12.3 Å². The Hall–Kier alpha value is 0.0969. The molecule has 4 heteroatoms.